The molecule has 2 aromatic carbocycles. The fourth-order valence-electron chi connectivity index (χ4n) is 3.11. The van der Waals surface area contributed by atoms with Crippen LogP contribution in [0.2, 0.25) is 5.02 Å². The predicted molar refractivity (Wildman–Crippen MR) is 105 cm³/mol. The first-order chi connectivity index (χ1) is 13.5. The molecule has 0 radical (unpaired) electrons. The Morgan fingerprint density at radius 3 is 2.57 bits per heavy atom. The van der Waals surface area contributed by atoms with Crippen LogP contribution in [0.4, 0.5) is 26.5 Å². The van der Waals surface area contributed by atoms with Gasteiger partial charge in [-0.25, -0.2) is 9.18 Å². The van der Waals surface area contributed by atoms with Crippen molar-refractivity contribution in [1.82, 2.24) is 14.8 Å². The summed E-state index contributed by atoms with van der Waals surface area (Å²) >= 11 is 6.47. The topological polar surface area (TPSA) is 63.5 Å². The lowest BCUT2D eigenvalue weighted by Gasteiger charge is -2.18. The first-order valence-corrected chi connectivity index (χ1v) is 8.96. The second kappa shape index (κ2) is 7.12. The standard InChI is InChI=1S/C19H17ClFN5O2/c1-24(13-5-3-12(21)4-6-13)18-23-22-17(25(18)2)15-8-7-14(11-16(15)20)26-9-10-28-19(26)27/h3-8,11H,9-10H2,1-2H3. The van der Waals surface area contributed by atoms with E-state index in [9.17, 15) is 9.18 Å². The minimum absolute atomic E-state index is 0.301. The van der Waals surface area contributed by atoms with Crippen molar-refractivity contribution >= 4 is 35.0 Å². The number of benzene rings is 2. The fraction of sp³-hybridized carbons (Fsp3) is 0.211. The third-order valence-corrected chi connectivity index (χ3v) is 4.94. The highest BCUT2D eigenvalue weighted by Crippen LogP contribution is 2.33. The van der Waals surface area contributed by atoms with E-state index in [0.717, 1.165) is 5.69 Å². The molecule has 1 aliphatic heterocycles. The van der Waals surface area contributed by atoms with Gasteiger partial charge in [0.15, 0.2) is 5.82 Å². The van der Waals surface area contributed by atoms with Crippen molar-refractivity contribution in [2.24, 2.45) is 7.05 Å². The Hall–Kier alpha value is -3.13. The van der Waals surface area contributed by atoms with Crippen LogP contribution in [-0.2, 0) is 11.8 Å². The highest BCUT2D eigenvalue weighted by Gasteiger charge is 2.25. The zero-order chi connectivity index (χ0) is 19.8. The van der Waals surface area contributed by atoms with E-state index in [1.165, 1.54) is 17.0 Å². The molecule has 1 aromatic heterocycles. The average Bonchev–Trinajstić information content (AvgIpc) is 3.27. The Labute approximate surface area is 165 Å². The van der Waals surface area contributed by atoms with Crippen molar-refractivity contribution < 1.29 is 13.9 Å². The fourth-order valence-corrected chi connectivity index (χ4v) is 3.37. The molecule has 0 spiro atoms. The summed E-state index contributed by atoms with van der Waals surface area (Å²) < 4.78 is 19.9. The van der Waals surface area contributed by atoms with Gasteiger partial charge in [0.05, 0.1) is 11.6 Å². The third kappa shape index (κ3) is 3.16. The summed E-state index contributed by atoms with van der Waals surface area (Å²) in [5.74, 6) is 0.846. The van der Waals surface area contributed by atoms with Crippen LogP contribution >= 0.6 is 11.6 Å². The minimum Gasteiger partial charge on any atom is -0.447 e. The first-order valence-electron chi connectivity index (χ1n) is 8.58. The van der Waals surface area contributed by atoms with E-state index in [1.54, 1.807) is 39.8 Å². The second-order valence-electron chi connectivity index (χ2n) is 6.35. The van der Waals surface area contributed by atoms with Crippen molar-refractivity contribution in [3.63, 3.8) is 0 Å². The molecule has 1 fully saturated rings. The molecular weight excluding hydrogens is 385 g/mol. The Bertz CT molecular complexity index is 1040. The van der Waals surface area contributed by atoms with Crippen molar-refractivity contribution in [2.75, 3.05) is 30.0 Å². The molecule has 2 heterocycles. The number of carbonyl (C=O) groups is 1. The Balaban J connectivity index is 1.65. The highest BCUT2D eigenvalue weighted by atomic mass is 35.5. The molecule has 28 heavy (non-hydrogen) atoms. The molecule has 1 amide bonds. The van der Waals surface area contributed by atoms with Crippen LogP contribution in [0.5, 0.6) is 0 Å². The molecule has 3 aromatic rings. The molecule has 0 bridgehead atoms. The quantitative estimate of drug-likeness (QED) is 0.661. The lowest BCUT2D eigenvalue weighted by molar-refractivity contribution is 0.181. The molecule has 0 aliphatic carbocycles. The van der Waals surface area contributed by atoms with Gasteiger partial charge in [-0.05, 0) is 42.5 Å². The summed E-state index contributed by atoms with van der Waals surface area (Å²) in [6.45, 7) is 0.853. The third-order valence-electron chi connectivity index (χ3n) is 4.63. The molecule has 0 N–H and O–H groups in total. The molecule has 0 saturated carbocycles. The van der Waals surface area contributed by atoms with E-state index in [4.69, 9.17) is 16.3 Å². The van der Waals surface area contributed by atoms with E-state index in [0.29, 0.717) is 41.2 Å². The van der Waals surface area contributed by atoms with Gasteiger partial charge in [-0.1, -0.05) is 11.6 Å². The number of ether oxygens (including phenoxy) is 1. The minimum atomic E-state index is -0.384. The molecule has 1 aliphatic rings. The van der Waals surface area contributed by atoms with Crippen LogP contribution in [-0.4, -0.2) is 41.1 Å². The van der Waals surface area contributed by atoms with Crippen molar-refractivity contribution in [3.8, 4) is 11.4 Å². The highest BCUT2D eigenvalue weighted by molar-refractivity contribution is 6.33. The number of amides is 1. The van der Waals surface area contributed by atoms with E-state index >= 15 is 0 Å². The molecule has 0 atom stereocenters. The lowest BCUT2D eigenvalue weighted by atomic mass is 10.2. The summed E-state index contributed by atoms with van der Waals surface area (Å²) in [6.07, 6.45) is -0.384. The van der Waals surface area contributed by atoms with E-state index in [1.807, 2.05) is 14.1 Å². The molecule has 144 valence electrons. The van der Waals surface area contributed by atoms with Gasteiger partial charge >= 0.3 is 6.09 Å². The second-order valence-corrected chi connectivity index (χ2v) is 6.76. The number of aromatic nitrogens is 3. The maximum Gasteiger partial charge on any atom is 0.414 e. The Kier molecular flexibility index (Phi) is 4.64. The van der Waals surface area contributed by atoms with Gasteiger partial charge in [0.1, 0.15) is 12.4 Å². The van der Waals surface area contributed by atoms with Crippen LogP contribution < -0.4 is 9.80 Å². The maximum absolute atomic E-state index is 13.2. The summed E-state index contributed by atoms with van der Waals surface area (Å²) in [5.41, 5.74) is 2.13. The summed E-state index contributed by atoms with van der Waals surface area (Å²) in [7, 11) is 3.65. The van der Waals surface area contributed by atoms with Gasteiger partial charge in [0, 0.05) is 31.0 Å². The molecule has 1 saturated heterocycles. The lowest BCUT2D eigenvalue weighted by Crippen LogP contribution is -2.23. The Morgan fingerprint density at radius 1 is 1.18 bits per heavy atom. The van der Waals surface area contributed by atoms with Gasteiger partial charge in [-0.3, -0.25) is 9.47 Å². The SMILES string of the molecule is CN(c1ccc(F)cc1)c1nnc(-c2ccc(N3CCOC3=O)cc2Cl)n1C. The summed E-state index contributed by atoms with van der Waals surface area (Å²) in [5, 5.41) is 8.95. The Morgan fingerprint density at radius 2 is 1.93 bits per heavy atom. The van der Waals surface area contributed by atoms with Crippen LogP contribution in [0.15, 0.2) is 42.5 Å². The molecule has 7 nitrogen and oxygen atoms in total. The van der Waals surface area contributed by atoms with Gasteiger partial charge in [-0.15, -0.1) is 10.2 Å². The monoisotopic (exact) mass is 401 g/mol. The van der Waals surface area contributed by atoms with Crippen LogP contribution in [0.1, 0.15) is 0 Å². The molecular formula is C19H17ClFN5O2. The summed E-state index contributed by atoms with van der Waals surface area (Å²) in [6, 6.07) is 11.4. The summed E-state index contributed by atoms with van der Waals surface area (Å²) in [4.78, 5) is 15.1. The predicted octanol–water partition coefficient (Wildman–Crippen LogP) is 4.00. The number of carbonyl (C=O) groups excluding carboxylic acids is 1. The normalized spacial score (nSPS) is 13.7. The van der Waals surface area contributed by atoms with Gasteiger partial charge in [-0.2, -0.15) is 0 Å². The number of cyclic esters (lactones) is 1. The van der Waals surface area contributed by atoms with Gasteiger partial charge < -0.3 is 9.64 Å². The molecule has 0 unspecified atom stereocenters. The van der Waals surface area contributed by atoms with Gasteiger partial charge in [0.2, 0.25) is 5.95 Å². The van der Waals surface area contributed by atoms with Crippen molar-refractivity contribution in [2.45, 2.75) is 0 Å². The van der Waals surface area contributed by atoms with Gasteiger partial charge in [0.25, 0.3) is 0 Å². The zero-order valence-corrected chi connectivity index (χ0v) is 16.0. The smallest absolute Gasteiger partial charge is 0.414 e. The molecule has 9 heteroatoms. The van der Waals surface area contributed by atoms with Crippen molar-refractivity contribution in [1.29, 1.82) is 0 Å². The van der Waals surface area contributed by atoms with E-state index in [-0.39, 0.29) is 11.9 Å². The number of anilines is 3. The number of nitrogens with zero attached hydrogens (tertiary/aromatic N) is 5. The van der Waals surface area contributed by atoms with Crippen molar-refractivity contribution in [3.05, 3.63) is 53.3 Å². The number of hydrogen-bond donors (Lipinski definition) is 0. The largest absolute Gasteiger partial charge is 0.447 e. The van der Waals surface area contributed by atoms with E-state index < -0.39 is 0 Å². The number of rotatable bonds is 4. The number of halogens is 2. The number of hydrogen-bond acceptors (Lipinski definition) is 5. The van der Waals surface area contributed by atoms with Crippen LogP contribution in [0.3, 0.4) is 0 Å². The van der Waals surface area contributed by atoms with Crippen LogP contribution in [0.25, 0.3) is 11.4 Å². The first kappa shape index (κ1) is 18.2. The maximum atomic E-state index is 13.2. The van der Waals surface area contributed by atoms with Crippen LogP contribution in [0, 0.1) is 5.82 Å². The van der Waals surface area contributed by atoms with E-state index in [2.05, 4.69) is 10.2 Å². The average molecular weight is 402 g/mol. The zero-order valence-electron chi connectivity index (χ0n) is 15.3. The molecule has 4 rings (SSSR count).